The molecule has 0 aliphatic heterocycles. The molecule has 30 heavy (non-hydrogen) atoms. The number of carbonyl (C=O) groups excluding carboxylic acids is 1. The Balaban J connectivity index is 2.32. The highest BCUT2D eigenvalue weighted by Crippen LogP contribution is 2.37. The van der Waals surface area contributed by atoms with Crippen molar-refractivity contribution in [3.8, 4) is 17.0 Å². The van der Waals surface area contributed by atoms with Crippen LogP contribution in [0.15, 0.2) is 29.3 Å². The Morgan fingerprint density at radius 3 is 2.50 bits per heavy atom. The number of aryl methyl sites for hydroxylation is 1. The molecule has 1 aromatic carbocycles. The molecule has 0 bridgehead atoms. The van der Waals surface area contributed by atoms with Crippen molar-refractivity contribution < 1.29 is 35.5 Å². The van der Waals surface area contributed by atoms with E-state index < -0.39 is 38.9 Å². The first-order valence-electron chi connectivity index (χ1n) is 8.25. The van der Waals surface area contributed by atoms with Gasteiger partial charge in [0.15, 0.2) is 0 Å². The van der Waals surface area contributed by atoms with E-state index in [1.165, 1.54) is 32.3 Å². The standard InChI is InChI=1S/C17H14F4N4O4S/c1-7-5-8(3-4-10(7)30(27,28)17(20)21)11-12-9(6-23-13(11)14(26)22-2)24-25-15(12)29-16(18)19/h3-6,16-17H,1-2H3,(H,22,26)(H,24,25). The summed E-state index contributed by atoms with van der Waals surface area (Å²) < 4.78 is 79.5. The Labute approximate surface area is 167 Å². The number of aromatic nitrogens is 3. The highest BCUT2D eigenvalue weighted by molar-refractivity contribution is 7.91. The van der Waals surface area contributed by atoms with Crippen molar-refractivity contribution in [3.63, 3.8) is 0 Å². The molecule has 0 aliphatic carbocycles. The Kier molecular flexibility index (Phi) is 5.65. The fraction of sp³-hybridized carbons (Fsp3) is 0.235. The van der Waals surface area contributed by atoms with E-state index in [0.29, 0.717) is 0 Å². The highest BCUT2D eigenvalue weighted by atomic mass is 32.2. The number of rotatable bonds is 6. The lowest BCUT2D eigenvalue weighted by atomic mass is 9.98. The molecule has 0 atom stereocenters. The molecule has 0 saturated heterocycles. The minimum absolute atomic E-state index is 0.00670. The minimum Gasteiger partial charge on any atom is -0.415 e. The number of ether oxygens (including phenoxy) is 1. The van der Waals surface area contributed by atoms with Gasteiger partial charge in [-0.05, 0) is 24.1 Å². The topological polar surface area (TPSA) is 114 Å². The maximum atomic E-state index is 12.9. The molecule has 2 N–H and O–H groups in total. The zero-order chi connectivity index (χ0) is 22.2. The first-order valence-corrected chi connectivity index (χ1v) is 9.79. The van der Waals surface area contributed by atoms with Gasteiger partial charge in [-0.15, -0.1) is 5.10 Å². The summed E-state index contributed by atoms with van der Waals surface area (Å²) in [6.07, 6.45) is 1.19. The summed E-state index contributed by atoms with van der Waals surface area (Å²) in [5, 5.41) is 8.46. The van der Waals surface area contributed by atoms with Crippen molar-refractivity contribution in [1.29, 1.82) is 0 Å². The Morgan fingerprint density at radius 1 is 1.23 bits per heavy atom. The van der Waals surface area contributed by atoms with E-state index in [-0.39, 0.29) is 33.3 Å². The van der Waals surface area contributed by atoms with E-state index in [0.717, 1.165) is 6.07 Å². The third kappa shape index (κ3) is 3.67. The third-order valence-corrected chi connectivity index (χ3v) is 5.76. The normalized spacial score (nSPS) is 12.0. The van der Waals surface area contributed by atoms with Crippen molar-refractivity contribution >= 4 is 26.6 Å². The number of carbonyl (C=O) groups is 1. The lowest BCUT2D eigenvalue weighted by Crippen LogP contribution is -2.20. The number of aromatic amines is 1. The van der Waals surface area contributed by atoms with E-state index in [1.807, 2.05) is 0 Å². The minimum atomic E-state index is -4.86. The molecule has 2 heterocycles. The molecule has 13 heteroatoms. The van der Waals surface area contributed by atoms with Crippen LogP contribution in [0.3, 0.4) is 0 Å². The second-order valence-electron chi connectivity index (χ2n) is 6.04. The molecule has 0 saturated carbocycles. The fourth-order valence-corrected chi connectivity index (χ4v) is 3.90. The lowest BCUT2D eigenvalue weighted by Gasteiger charge is -2.13. The van der Waals surface area contributed by atoms with Crippen LogP contribution < -0.4 is 10.1 Å². The number of amides is 1. The van der Waals surface area contributed by atoms with E-state index >= 15 is 0 Å². The maximum Gasteiger partial charge on any atom is 0.388 e. The van der Waals surface area contributed by atoms with E-state index in [9.17, 15) is 30.8 Å². The van der Waals surface area contributed by atoms with Crippen molar-refractivity contribution in [2.45, 2.75) is 24.2 Å². The molecular weight excluding hydrogens is 432 g/mol. The van der Waals surface area contributed by atoms with Crippen LogP contribution in [0.25, 0.3) is 22.0 Å². The number of hydrogen-bond acceptors (Lipinski definition) is 6. The predicted molar refractivity (Wildman–Crippen MR) is 97.3 cm³/mol. The molecule has 8 nitrogen and oxygen atoms in total. The van der Waals surface area contributed by atoms with Gasteiger partial charge in [0, 0.05) is 12.6 Å². The molecular formula is C17H14F4N4O4S. The van der Waals surface area contributed by atoms with Crippen molar-refractivity contribution in [1.82, 2.24) is 20.5 Å². The van der Waals surface area contributed by atoms with Gasteiger partial charge in [0.05, 0.1) is 22.0 Å². The molecule has 160 valence electrons. The molecule has 0 spiro atoms. The number of benzene rings is 1. The largest absolute Gasteiger partial charge is 0.415 e. The second-order valence-corrected chi connectivity index (χ2v) is 7.93. The van der Waals surface area contributed by atoms with Gasteiger partial charge in [0.2, 0.25) is 15.7 Å². The van der Waals surface area contributed by atoms with Crippen LogP contribution in [0.5, 0.6) is 5.88 Å². The lowest BCUT2D eigenvalue weighted by molar-refractivity contribution is -0.0518. The van der Waals surface area contributed by atoms with Crippen molar-refractivity contribution in [3.05, 3.63) is 35.7 Å². The number of H-pyrrole nitrogens is 1. The van der Waals surface area contributed by atoms with Crippen LogP contribution >= 0.6 is 0 Å². The Hall–Kier alpha value is -3.22. The van der Waals surface area contributed by atoms with E-state index in [2.05, 4.69) is 25.2 Å². The number of alkyl halides is 4. The summed E-state index contributed by atoms with van der Waals surface area (Å²) in [5.74, 6) is -4.80. The molecule has 0 unspecified atom stereocenters. The third-order valence-electron chi connectivity index (χ3n) is 4.22. The quantitative estimate of drug-likeness (QED) is 0.563. The molecule has 0 aliphatic rings. The number of nitrogens with zero attached hydrogens (tertiary/aromatic N) is 2. The van der Waals surface area contributed by atoms with Crippen LogP contribution in [0, 0.1) is 6.92 Å². The number of nitrogens with one attached hydrogen (secondary N) is 2. The molecule has 3 aromatic rings. The average molecular weight is 446 g/mol. The van der Waals surface area contributed by atoms with Crippen molar-refractivity contribution in [2.75, 3.05) is 7.05 Å². The van der Waals surface area contributed by atoms with Gasteiger partial charge in [-0.1, -0.05) is 12.1 Å². The van der Waals surface area contributed by atoms with Crippen molar-refractivity contribution in [2.24, 2.45) is 0 Å². The fourth-order valence-electron chi connectivity index (χ4n) is 2.95. The number of sulfone groups is 1. The van der Waals surface area contributed by atoms with E-state index in [1.54, 1.807) is 0 Å². The summed E-state index contributed by atoms with van der Waals surface area (Å²) in [7, 11) is -3.54. The summed E-state index contributed by atoms with van der Waals surface area (Å²) in [6, 6.07) is 3.36. The second kappa shape index (κ2) is 7.89. The smallest absolute Gasteiger partial charge is 0.388 e. The summed E-state index contributed by atoms with van der Waals surface area (Å²) >= 11 is 0. The molecule has 0 fully saturated rings. The van der Waals surface area contributed by atoms with Gasteiger partial charge in [0.1, 0.15) is 5.69 Å². The van der Waals surface area contributed by atoms with Crippen LogP contribution in [0.2, 0.25) is 0 Å². The predicted octanol–water partition coefficient (Wildman–Crippen LogP) is 2.89. The molecule has 3 rings (SSSR count). The van der Waals surface area contributed by atoms with Gasteiger partial charge in [-0.3, -0.25) is 9.89 Å². The maximum absolute atomic E-state index is 12.9. The molecule has 0 radical (unpaired) electrons. The monoisotopic (exact) mass is 446 g/mol. The van der Waals surface area contributed by atoms with Crippen LogP contribution in [0.1, 0.15) is 16.1 Å². The first kappa shape index (κ1) is 21.5. The van der Waals surface area contributed by atoms with E-state index in [4.69, 9.17) is 0 Å². The summed E-state index contributed by atoms with van der Waals surface area (Å²) in [4.78, 5) is 15.7. The van der Waals surface area contributed by atoms with Crippen LogP contribution in [0.4, 0.5) is 17.6 Å². The highest BCUT2D eigenvalue weighted by Gasteiger charge is 2.29. The molecule has 2 aromatic heterocycles. The average Bonchev–Trinajstić information content (AvgIpc) is 3.08. The van der Waals surface area contributed by atoms with Gasteiger partial charge in [-0.2, -0.15) is 17.6 Å². The summed E-state index contributed by atoms with van der Waals surface area (Å²) in [5.41, 5.74) is 0.121. The van der Waals surface area contributed by atoms with Gasteiger partial charge < -0.3 is 10.1 Å². The molecule has 1 amide bonds. The zero-order valence-electron chi connectivity index (χ0n) is 15.4. The number of fused-ring (bicyclic) bond motifs is 1. The number of pyridine rings is 1. The number of halogens is 4. The van der Waals surface area contributed by atoms with Gasteiger partial charge in [0.25, 0.3) is 5.91 Å². The Morgan fingerprint density at radius 2 is 1.93 bits per heavy atom. The van der Waals surface area contributed by atoms with Gasteiger partial charge >= 0.3 is 12.4 Å². The first-order chi connectivity index (χ1) is 14.1. The Bertz CT molecular complexity index is 1230. The number of hydrogen-bond donors (Lipinski definition) is 2. The zero-order valence-corrected chi connectivity index (χ0v) is 16.2. The summed E-state index contributed by atoms with van der Waals surface area (Å²) in [6.45, 7) is -1.92. The SMILES string of the molecule is CNC(=O)c1ncc2[nH]nc(OC(F)F)c2c1-c1ccc(S(=O)(=O)C(F)F)c(C)c1. The van der Waals surface area contributed by atoms with Crippen LogP contribution in [-0.4, -0.2) is 48.9 Å². The van der Waals surface area contributed by atoms with Crippen LogP contribution in [-0.2, 0) is 9.84 Å². The van der Waals surface area contributed by atoms with Gasteiger partial charge in [-0.25, -0.2) is 13.4 Å².